The number of nitrogens with zero attached hydrogens (tertiary/aromatic N) is 2. The van der Waals surface area contributed by atoms with Crippen LogP contribution < -0.4 is 5.48 Å². The molecule has 2 N–H and O–H groups in total. The Labute approximate surface area is 130 Å². The van der Waals surface area contributed by atoms with Gasteiger partial charge in [0, 0.05) is 23.3 Å². The molecule has 116 valence electrons. The van der Waals surface area contributed by atoms with Gasteiger partial charge in [-0.1, -0.05) is 12.1 Å². The molecule has 23 heavy (non-hydrogen) atoms. The molecule has 1 aromatic carbocycles. The Bertz CT molecular complexity index is 811. The van der Waals surface area contributed by atoms with Gasteiger partial charge in [-0.15, -0.1) is 0 Å². The third kappa shape index (κ3) is 2.91. The zero-order valence-electron chi connectivity index (χ0n) is 11.6. The third-order valence-corrected chi connectivity index (χ3v) is 3.17. The Kier molecular flexibility index (Phi) is 3.55. The smallest absolute Gasteiger partial charge is 0.335 e. The highest BCUT2D eigenvalue weighted by atomic mass is 16.8. The molecule has 2 aliphatic rings. The first-order valence-electron chi connectivity index (χ1n) is 6.51. The maximum atomic E-state index is 11.0. The predicted molar refractivity (Wildman–Crippen MR) is 81.5 cm³/mol. The lowest BCUT2D eigenvalue weighted by Crippen LogP contribution is -2.18. The quantitative estimate of drug-likeness (QED) is 0.630. The van der Waals surface area contributed by atoms with Crippen molar-refractivity contribution < 1.29 is 19.6 Å². The van der Waals surface area contributed by atoms with Crippen molar-refractivity contribution >= 4 is 17.5 Å². The van der Waals surface area contributed by atoms with E-state index in [4.69, 9.17) is 9.94 Å². The van der Waals surface area contributed by atoms with Crippen LogP contribution in [0, 0.1) is 10.4 Å². The van der Waals surface area contributed by atoms with Gasteiger partial charge in [0.05, 0.1) is 5.56 Å². The molecule has 1 aliphatic carbocycles. The molecule has 0 aromatic heterocycles. The van der Waals surface area contributed by atoms with Gasteiger partial charge < -0.3 is 20.4 Å². The fourth-order valence-electron chi connectivity index (χ4n) is 2.02. The normalized spacial score (nSPS) is 16.0. The van der Waals surface area contributed by atoms with Crippen molar-refractivity contribution in [2.75, 3.05) is 0 Å². The first-order chi connectivity index (χ1) is 11.0. The second kappa shape index (κ2) is 5.68. The van der Waals surface area contributed by atoms with Crippen molar-refractivity contribution in [3.63, 3.8) is 0 Å². The van der Waals surface area contributed by atoms with Crippen LogP contribution in [0.25, 0.3) is 0 Å². The first-order valence-corrected chi connectivity index (χ1v) is 6.51. The van der Waals surface area contributed by atoms with E-state index in [1.807, 2.05) is 0 Å². The highest BCUT2D eigenvalue weighted by Gasteiger charge is 2.18. The number of carboxylic acid groups (broad SMARTS) is 1. The number of hydrogen-bond acceptors (Lipinski definition) is 6. The number of carbonyl (C=O) groups is 1. The van der Waals surface area contributed by atoms with E-state index >= 15 is 0 Å². The SMILES string of the molecule is O=C(O)c1cccc(C2=NC(=C3C=CC(=[N+]([O-])[O-])C=C3)ON2)c1. The number of amidine groups is 1. The molecule has 0 amide bonds. The van der Waals surface area contributed by atoms with Crippen molar-refractivity contribution in [1.29, 1.82) is 0 Å². The maximum Gasteiger partial charge on any atom is 0.335 e. The summed E-state index contributed by atoms with van der Waals surface area (Å²) in [6.45, 7) is 0. The van der Waals surface area contributed by atoms with E-state index in [1.54, 1.807) is 12.1 Å². The molecule has 0 spiro atoms. The van der Waals surface area contributed by atoms with Crippen LogP contribution in [-0.4, -0.2) is 27.5 Å². The molecular formula is C15H10N3O5-. The van der Waals surface area contributed by atoms with Crippen LogP contribution in [0.3, 0.4) is 0 Å². The summed E-state index contributed by atoms with van der Waals surface area (Å²) in [7, 11) is 0. The fourth-order valence-corrected chi connectivity index (χ4v) is 2.02. The molecule has 1 heterocycles. The van der Waals surface area contributed by atoms with Crippen LogP contribution in [0.4, 0.5) is 0 Å². The molecule has 0 bridgehead atoms. The Morgan fingerprint density at radius 3 is 2.61 bits per heavy atom. The molecule has 8 nitrogen and oxygen atoms in total. The number of benzene rings is 1. The molecule has 8 heteroatoms. The predicted octanol–water partition coefficient (Wildman–Crippen LogP) is 1.45. The van der Waals surface area contributed by atoms with E-state index in [0.717, 1.165) is 0 Å². The lowest BCUT2D eigenvalue weighted by atomic mass is 10.1. The summed E-state index contributed by atoms with van der Waals surface area (Å²) in [6.07, 6.45) is 5.75. The van der Waals surface area contributed by atoms with Crippen LogP contribution in [0.5, 0.6) is 0 Å². The summed E-state index contributed by atoms with van der Waals surface area (Å²) in [6, 6.07) is 6.24. The van der Waals surface area contributed by atoms with E-state index in [-0.39, 0.29) is 17.2 Å². The van der Waals surface area contributed by atoms with Crippen LogP contribution in [-0.2, 0) is 4.84 Å². The molecule has 0 atom stereocenters. The van der Waals surface area contributed by atoms with E-state index < -0.39 is 10.9 Å². The van der Waals surface area contributed by atoms with Crippen LogP contribution in [0.1, 0.15) is 15.9 Å². The molecule has 1 aromatic rings. The molecule has 0 saturated carbocycles. The van der Waals surface area contributed by atoms with E-state index in [0.29, 0.717) is 17.0 Å². The number of allylic oxidation sites excluding steroid dienone is 5. The van der Waals surface area contributed by atoms with Gasteiger partial charge in [-0.3, -0.25) is 0 Å². The van der Waals surface area contributed by atoms with Crippen molar-refractivity contribution in [3.05, 3.63) is 81.6 Å². The zero-order valence-corrected chi connectivity index (χ0v) is 11.6. The van der Waals surface area contributed by atoms with Gasteiger partial charge in [-0.2, -0.15) is 9.89 Å². The lowest BCUT2D eigenvalue weighted by molar-refractivity contribution is -0.377. The van der Waals surface area contributed by atoms with Gasteiger partial charge in [0.25, 0.3) is 5.88 Å². The number of aromatic carboxylic acids is 1. The van der Waals surface area contributed by atoms with Gasteiger partial charge in [-0.25, -0.2) is 10.3 Å². The van der Waals surface area contributed by atoms with Crippen LogP contribution >= 0.6 is 0 Å². The van der Waals surface area contributed by atoms with Gasteiger partial charge in [0.2, 0.25) is 5.71 Å². The topological polar surface area (TPSA) is 120 Å². The molecule has 0 radical (unpaired) electrons. The highest BCUT2D eigenvalue weighted by molar-refractivity contribution is 6.03. The third-order valence-electron chi connectivity index (χ3n) is 3.17. The van der Waals surface area contributed by atoms with E-state index in [2.05, 4.69) is 10.5 Å². The van der Waals surface area contributed by atoms with Gasteiger partial charge >= 0.3 is 5.97 Å². The number of rotatable bonds is 2. The van der Waals surface area contributed by atoms with Gasteiger partial charge in [0.15, 0.2) is 5.84 Å². The van der Waals surface area contributed by atoms with Crippen LogP contribution in [0.15, 0.2) is 65.0 Å². The number of aliphatic imine (C=N–C) groups is 1. The lowest BCUT2D eigenvalue weighted by Gasteiger charge is -2.08. The summed E-state index contributed by atoms with van der Waals surface area (Å²) >= 11 is 0. The Morgan fingerprint density at radius 2 is 1.96 bits per heavy atom. The van der Waals surface area contributed by atoms with Crippen LogP contribution in [0.2, 0.25) is 0 Å². The summed E-state index contributed by atoms with van der Waals surface area (Å²) in [5.41, 5.74) is 3.84. The van der Waals surface area contributed by atoms with E-state index in [1.165, 1.54) is 36.4 Å². The minimum Gasteiger partial charge on any atom is -0.612 e. The molecule has 0 fully saturated rings. The fraction of sp³-hybridized carbons (Fsp3) is 0. The molecule has 1 aliphatic heterocycles. The first kappa shape index (κ1) is 14.4. The van der Waals surface area contributed by atoms with Gasteiger partial charge in [-0.05, 0) is 24.3 Å². The van der Waals surface area contributed by atoms with Gasteiger partial charge in [0.1, 0.15) is 0 Å². The molecular weight excluding hydrogens is 302 g/mol. The molecule has 0 unspecified atom stereocenters. The number of nitrogens with one attached hydrogen (secondary N) is 1. The number of carboxylic acids is 1. The summed E-state index contributed by atoms with van der Waals surface area (Å²) in [4.78, 5) is 20.0. The summed E-state index contributed by atoms with van der Waals surface area (Å²) in [5, 5.41) is 30.3. The largest absolute Gasteiger partial charge is 0.612 e. The number of hydrogen-bond donors (Lipinski definition) is 2. The average Bonchev–Trinajstić information content (AvgIpc) is 3.05. The van der Waals surface area contributed by atoms with Crippen molar-refractivity contribution in [2.24, 2.45) is 4.99 Å². The van der Waals surface area contributed by atoms with Crippen molar-refractivity contribution in [1.82, 2.24) is 5.48 Å². The molecule has 3 rings (SSSR count). The monoisotopic (exact) mass is 312 g/mol. The average molecular weight is 312 g/mol. The maximum absolute atomic E-state index is 11.0. The zero-order chi connectivity index (χ0) is 16.4. The Hall–Kier alpha value is -3.55. The second-order valence-electron chi connectivity index (χ2n) is 4.66. The highest BCUT2D eigenvalue weighted by Crippen LogP contribution is 2.19. The van der Waals surface area contributed by atoms with Crippen molar-refractivity contribution in [2.45, 2.75) is 0 Å². The number of hydroxylamine groups is 1. The second-order valence-corrected chi connectivity index (χ2v) is 4.66. The summed E-state index contributed by atoms with van der Waals surface area (Å²) in [5.74, 6) is -0.428. The molecule has 0 saturated heterocycles. The standard InChI is InChI=1S/C15H10N3O5/c19-15(20)11-3-1-2-10(8-11)13-16-14(23-17-13)9-4-6-12(7-5-9)18(21)22/h1-8H,(H2-,16,17,19,20,21,22)/q-1. The van der Waals surface area contributed by atoms with Crippen molar-refractivity contribution in [3.8, 4) is 0 Å². The van der Waals surface area contributed by atoms with E-state index in [9.17, 15) is 15.2 Å². The minimum atomic E-state index is -1.04. The Morgan fingerprint density at radius 1 is 1.22 bits per heavy atom. The Balaban J connectivity index is 1.90. The minimum absolute atomic E-state index is 0.0290. The summed E-state index contributed by atoms with van der Waals surface area (Å²) < 4.78 is 0.